The minimum Gasteiger partial charge on any atom is -0.491 e. The first-order valence-corrected chi connectivity index (χ1v) is 8.59. The molecule has 2 heterocycles. The number of ether oxygens (including phenoxy) is 1. The van der Waals surface area contributed by atoms with Crippen LogP contribution in [0.1, 0.15) is 11.3 Å². The van der Waals surface area contributed by atoms with Gasteiger partial charge in [0.05, 0.1) is 11.4 Å². The molecule has 0 aliphatic rings. The van der Waals surface area contributed by atoms with E-state index in [1.807, 2.05) is 30.3 Å². The second kappa shape index (κ2) is 6.67. The van der Waals surface area contributed by atoms with Crippen molar-refractivity contribution in [1.82, 2.24) is 15.2 Å². The first-order chi connectivity index (χ1) is 12.7. The van der Waals surface area contributed by atoms with Gasteiger partial charge in [-0.3, -0.25) is 5.10 Å². The summed E-state index contributed by atoms with van der Waals surface area (Å²) < 4.78 is 17.7. The van der Waals surface area contributed by atoms with E-state index in [2.05, 4.69) is 47.2 Å². The third-order valence-corrected chi connectivity index (χ3v) is 4.67. The monoisotopic (exact) mass is 349 g/mol. The van der Waals surface area contributed by atoms with Gasteiger partial charge < -0.3 is 9.72 Å². The van der Waals surface area contributed by atoms with Crippen molar-refractivity contribution < 1.29 is 9.13 Å². The van der Waals surface area contributed by atoms with Gasteiger partial charge in [0.15, 0.2) is 0 Å². The lowest BCUT2D eigenvalue weighted by atomic mass is 10.1. The number of aromatic amines is 2. The Labute approximate surface area is 151 Å². The highest BCUT2D eigenvalue weighted by molar-refractivity contribution is 5.88. The van der Waals surface area contributed by atoms with Crippen LogP contribution in [-0.2, 0) is 0 Å². The van der Waals surface area contributed by atoms with Gasteiger partial charge in [-0.15, -0.1) is 0 Å². The van der Waals surface area contributed by atoms with Crippen LogP contribution >= 0.6 is 0 Å². The number of nitrogens with zero attached hydrogens (tertiary/aromatic N) is 1. The van der Waals surface area contributed by atoms with Crippen LogP contribution in [0.15, 0.2) is 48.5 Å². The molecule has 0 radical (unpaired) electrons. The van der Waals surface area contributed by atoms with Crippen molar-refractivity contribution >= 4 is 10.9 Å². The van der Waals surface area contributed by atoms with Crippen LogP contribution in [0, 0.1) is 13.8 Å². The van der Waals surface area contributed by atoms with Crippen LogP contribution in [0.3, 0.4) is 0 Å². The summed E-state index contributed by atoms with van der Waals surface area (Å²) in [5.41, 5.74) is 7.38. The molecule has 0 aliphatic heterocycles. The van der Waals surface area contributed by atoms with Crippen molar-refractivity contribution in [3.05, 3.63) is 59.8 Å². The number of H-pyrrole nitrogens is 2. The van der Waals surface area contributed by atoms with Crippen molar-refractivity contribution in [3.63, 3.8) is 0 Å². The number of aryl methyl sites for hydroxylation is 2. The van der Waals surface area contributed by atoms with Crippen LogP contribution in [0.5, 0.6) is 5.75 Å². The molecule has 0 saturated heterocycles. The molecule has 0 spiro atoms. The van der Waals surface area contributed by atoms with E-state index >= 15 is 0 Å². The zero-order valence-corrected chi connectivity index (χ0v) is 14.8. The second-order valence-corrected chi connectivity index (χ2v) is 6.37. The lowest BCUT2D eigenvalue weighted by molar-refractivity contribution is 0.273. The van der Waals surface area contributed by atoms with E-state index < -0.39 is 6.67 Å². The third-order valence-electron chi connectivity index (χ3n) is 4.67. The van der Waals surface area contributed by atoms with Crippen LogP contribution in [-0.4, -0.2) is 28.5 Å². The molecule has 2 aromatic heterocycles. The van der Waals surface area contributed by atoms with Gasteiger partial charge in [0.2, 0.25) is 0 Å². The van der Waals surface area contributed by atoms with E-state index in [0.717, 1.165) is 28.0 Å². The summed E-state index contributed by atoms with van der Waals surface area (Å²) in [4.78, 5) is 3.39. The van der Waals surface area contributed by atoms with Crippen LogP contribution in [0.4, 0.5) is 4.39 Å². The van der Waals surface area contributed by atoms with Gasteiger partial charge in [-0.1, -0.05) is 18.2 Å². The number of hydrogen-bond donors (Lipinski definition) is 2. The number of nitrogens with one attached hydrogen (secondary N) is 2. The van der Waals surface area contributed by atoms with Gasteiger partial charge in [0.1, 0.15) is 19.0 Å². The highest BCUT2D eigenvalue weighted by Gasteiger charge is 2.10. The maximum absolute atomic E-state index is 12.3. The molecule has 5 heteroatoms. The Balaban J connectivity index is 1.67. The topological polar surface area (TPSA) is 53.7 Å². The first-order valence-electron chi connectivity index (χ1n) is 8.59. The fourth-order valence-electron chi connectivity index (χ4n) is 3.15. The maximum atomic E-state index is 12.3. The van der Waals surface area contributed by atoms with Crippen molar-refractivity contribution in [3.8, 4) is 28.3 Å². The maximum Gasteiger partial charge on any atom is 0.123 e. The van der Waals surface area contributed by atoms with Crippen molar-refractivity contribution in [2.45, 2.75) is 13.8 Å². The average molecular weight is 349 g/mol. The van der Waals surface area contributed by atoms with E-state index in [0.29, 0.717) is 5.75 Å². The molecule has 26 heavy (non-hydrogen) atoms. The van der Waals surface area contributed by atoms with E-state index in [4.69, 9.17) is 4.74 Å². The van der Waals surface area contributed by atoms with Gasteiger partial charge in [0.25, 0.3) is 0 Å². The smallest absolute Gasteiger partial charge is 0.123 e. The molecular formula is C21H20FN3O. The van der Waals surface area contributed by atoms with E-state index in [1.54, 1.807) is 0 Å². The Hall–Kier alpha value is -3.08. The number of alkyl halides is 1. The molecule has 4 nitrogen and oxygen atoms in total. The molecular weight excluding hydrogens is 329 g/mol. The average Bonchev–Trinajstić information content (AvgIpc) is 3.26. The summed E-state index contributed by atoms with van der Waals surface area (Å²) in [5.74, 6) is 0.649. The van der Waals surface area contributed by atoms with E-state index in [9.17, 15) is 4.39 Å². The normalized spacial score (nSPS) is 11.2. The molecule has 0 amide bonds. The number of benzene rings is 2. The Kier molecular flexibility index (Phi) is 4.21. The van der Waals surface area contributed by atoms with Gasteiger partial charge in [-0.05, 0) is 49.7 Å². The van der Waals surface area contributed by atoms with Gasteiger partial charge in [-0.25, -0.2) is 4.39 Å². The molecule has 2 N–H and O–H groups in total. The summed E-state index contributed by atoms with van der Waals surface area (Å²) in [6, 6.07) is 15.9. The van der Waals surface area contributed by atoms with Crippen molar-refractivity contribution in [2.75, 3.05) is 13.3 Å². The fourth-order valence-corrected chi connectivity index (χ4v) is 3.15. The van der Waals surface area contributed by atoms with E-state index in [1.165, 1.54) is 16.6 Å². The first kappa shape index (κ1) is 16.4. The minimum atomic E-state index is -0.501. The Morgan fingerprint density at radius 3 is 2.77 bits per heavy atom. The molecule has 4 rings (SSSR count). The van der Waals surface area contributed by atoms with Gasteiger partial charge in [0, 0.05) is 27.7 Å². The number of fused-ring (bicyclic) bond motifs is 1. The highest BCUT2D eigenvalue weighted by atomic mass is 19.1. The molecule has 132 valence electrons. The molecule has 0 atom stereocenters. The lowest BCUT2D eigenvalue weighted by Gasteiger charge is -2.04. The molecule has 0 saturated carbocycles. The Bertz CT molecular complexity index is 1060. The molecule has 0 unspecified atom stereocenters. The number of aromatic nitrogens is 3. The molecule has 2 aromatic carbocycles. The number of halogens is 1. The third kappa shape index (κ3) is 2.96. The van der Waals surface area contributed by atoms with Gasteiger partial charge >= 0.3 is 0 Å². The Morgan fingerprint density at radius 2 is 1.92 bits per heavy atom. The predicted octanol–water partition coefficient (Wildman–Crippen LogP) is 5.19. The predicted molar refractivity (Wildman–Crippen MR) is 102 cm³/mol. The second-order valence-electron chi connectivity index (χ2n) is 6.37. The van der Waals surface area contributed by atoms with Crippen LogP contribution in [0.2, 0.25) is 0 Å². The molecule has 4 aromatic rings. The summed E-state index contributed by atoms with van der Waals surface area (Å²) >= 11 is 0. The SMILES string of the molecule is Cc1[nH]c2ccc(-c3cc(-c4cccc(OCCF)c4)[nH]n3)cc2c1C. The Morgan fingerprint density at radius 1 is 1.04 bits per heavy atom. The summed E-state index contributed by atoms with van der Waals surface area (Å²) in [6.07, 6.45) is 0. The fraction of sp³-hybridized carbons (Fsp3) is 0.190. The zero-order valence-electron chi connectivity index (χ0n) is 14.8. The zero-order chi connectivity index (χ0) is 18.1. The largest absolute Gasteiger partial charge is 0.491 e. The van der Waals surface area contributed by atoms with E-state index in [-0.39, 0.29) is 6.61 Å². The quantitative estimate of drug-likeness (QED) is 0.521. The standard InChI is InChI=1S/C21H20FN3O/c1-13-14(2)23-19-7-6-16(11-18(13)19)21-12-20(24-25-21)15-4-3-5-17(10-15)26-9-8-22/h3-7,10-12,23H,8-9H2,1-2H3,(H,24,25). The summed E-state index contributed by atoms with van der Waals surface area (Å²) in [6.45, 7) is 3.77. The number of hydrogen-bond acceptors (Lipinski definition) is 2. The minimum absolute atomic E-state index is 0.0626. The molecule has 0 aliphatic carbocycles. The summed E-state index contributed by atoms with van der Waals surface area (Å²) in [7, 11) is 0. The lowest BCUT2D eigenvalue weighted by Crippen LogP contribution is -1.98. The summed E-state index contributed by atoms with van der Waals surface area (Å²) in [5, 5.41) is 8.76. The van der Waals surface area contributed by atoms with Crippen molar-refractivity contribution in [1.29, 1.82) is 0 Å². The molecule has 0 fully saturated rings. The van der Waals surface area contributed by atoms with Gasteiger partial charge in [-0.2, -0.15) is 5.10 Å². The van der Waals surface area contributed by atoms with Crippen molar-refractivity contribution in [2.24, 2.45) is 0 Å². The highest BCUT2D eigenvalue weighted by Crippen LogP contribution is 2.30. The van der Waals surface area contributed by atoms with Crippen LogP contribution < -0.4 is 4.74 Å². The number of rotatable bonds is 5. The molecule has 0 bridgehead atoms. The van der Waals surface area contributed by atoms with Crippen LogP contribution in [0.25, 0.3) is 33.4 Å².